The van der Waals surface area contributed by atoms with Crippen molar-refractivity contribution in [2.45, 2.75) is 45.1 Å². The maximum Gasteiger partial charge on any atom is 0.232 e. The lowest BCUT2D eigenvalue weighted by molar-refractivity contribution is -0.121. The lowest BCUT2D eigenvalue weighted by Crippen LogP contribution is -2.32. The van der Waals surface area contributed by atoms with E-state index in [2.05, 4.69) is 23.5 Å². The third kappa shape index (κ3) is 5.73. The molecule has 0 radical (unpaired) electrons. The third-order valence-electron chi connectivity index (χ3n) is 5.26. The van der Waals surface area contributed by atoms with E-state index in [9.17, 15) is 13.2 Å². The number of anilines is 1. The Morgan fingerprint density at radius 3 is 2.66 bits per heavy atom. The zero-order chi connectivity index (χ0) is 21.0. The molecule has 156 valence electrons. The Kier molecular flexibility index (Phi) is 6.85. The Morgan fingerprint density at radius 2 is 1.93 bits per heavy atom. The molecule has 0 aromatic heterocycles. The highest BCUT2D eigenvalue weighted by Gasteiger charge is 2.19. The molecular weight excluding hydrogens is 408 g/mol. The molecule has 1 amide bonds. The number of benzene rings is 2. The van der Waals surface area contributed by atoms with Crippen LogP contribution in [0.3, 0.4) is 0 Å². The van der Waals surface area contributed by atoms with Crippen LogP contribution in [-0.2, 0) is 27.7 Å². The van der Waals surface area contributed by atoms with E-state index in [0.717, 1.165) is 24.7 Å². The summed E-state index contributed by atoms with van der Waals surface area (Å²) in [7, 11) is -3.46. The van der Waals surface area contributed by atoms with Crippen LogP contribution >= 0.6 is 11.6 Å². The van der Waals surface area contributed by atoms with Gasteiger partial charge in [-0.1, -0.05) is 35.9 Å². The van der Waals surface area contributed by atoms with Crippen molar-refractivity contribution < 1.29 is 13.2 Å². The molecule has 0 saturated heterocycles. The fourth-order valence-electron chi connectivity index (χ4n) is 3.76. The van der Waals surface area contributed by atoms with Crippen LogP contribution in [0.5, 0.6) is 0 Å². The molecule has 2 aromatic carbocycles. The van der Waals surface area contributed by atoms with Crippen LogP contribution in [0, 0.1) is 0 Å². The molecule has 29 heavy (non-hydrogen) atoms. The highest BCUT2D eigenvalue weighted by molar-refractivity contribution is 7.92. The standard InChI is InChI=1S/C22H27ClN2O3S/c1-16(18-12-11-17-6-3-7-19(17)14-18)24-22(26)10-5-13-25(29(2,27)28)21-9-4-8-20(23)15-21/h4,8-9,11-12,14-16H,3,5-7,10,13H2,1-2H3,(H,24,26). The molecule has 1 aliphatic carbocycles. The van der Waals surface area contributed by atoms with Crippen molar-refractivity contribution in [1.82, 2.24) is 5.32 Å². The van der Waals surface area contributed by atoms with Gasteiger partial charge in [-0.3, -0.25) is 9.10 Å². The minimum Gasteiger partial charge on any atom is -0.350 e. The highest BCUT2D eigenvalue weighted by atomic mass is 35.5. The second-order valence-corrected chi connectivity index (χ2v) is 9.93. The first-order valence-corrected chi connectivity index (χ1v) is 12.1. The summed E-state index contributed by atoms with van der Waals surface area (Å²) in [6.45, 7) is 2.20. The lowest BCUT2D eigenvalue weighted by atomic mass is 10.0. The predicted octanol–water partition coefficient (Wildman–Crippen LogP) is 4.25. The molecule has 2 aromatic rings. The van der Waals surface area contributed by atoms with E-state index < -0.39 is 10.0 Å². The summed E-state index contributed by atoms with van der Waals surface area (Å²) in [5.41, 5.74) is 4.41. The molecule has 0 bridgehead atoms. The molecular formula is C22H27ClN2O3S. The second kappa shape index (κ2) is 9.18. The fourth-order valence-corrected chi connectivity index (χ4v) is 4.90. The average molecular weight is 435 g/mol. The minimum atomic E-state index is -3.46. The Bertz CT molecular complexity index is 991. The molecule has 1 aliphatic rings. The maximum atomic E-state index is 12.4. The van der Waals surface area contributed by atoms with Crippen molar-refractivity contribution >= 4 is 33.2 Å². The third-order valence-corrected chi connectivity index (χ3v) is 6.69. The van der Waals surface area contributed by atoms with E-state index in [4.69, 9.17) is 11.6 Å². The van der Waals surface area contributed by atoms with E-state index in [-0.39, 0.29) is 24.9 Å². The maximum absolute atomic E-state index is 12.4. The summed E-state index contributed by atoms with van der Waals surface area (Å²) in [6, 6.07) is 13.1. The first kappa shape index (κ1) is 21.7. The van der Waals surface area contributed by atoms with E-state index in [0.29, 0.717) is 17.1 Å². The summed E-state index contributed by atoms with van der Waals surface area (Å²) in [5.74, 6) is -0.0856. The molecule has 0 spiro atoms. The average Bonchev–Trinajstić information content (AvgIpc) is 3.12. The number of sulfonamides is 1. The Balaban J connectivity index is 1.55. The summed E-state index contributed by atoms with van der Waals surface area (Å²) in [5, 5.41) is 3.49. The summed E-state index contributed by atoms with van der Waals surface area (Å²) in [6.07, 6.45) is 5.27. The SMILES string of the molecule is CC(NC(=O)CCCN(c1cccc(Cl)c1)S(C)(=O)=O)c1ccc2c(c1)CCC2. The van der Waals surface area contributed by atoms with Crippen molar-refractivity contribution in [3.63, 3.8) is 0 Å². The first-order chi connectivity index (χ1) is 13.7. The highest BCUT2D eigenvalue weighted by Crippen LogP contribution is 2.26. The van der Waals surface area contributed by atoms with E-state index in [1.165, 1.54) is 21.9 Å². The number of amides is 1. The molecule has 0 fully saturated rings. The van der Waals surface area contributed by atoms with Gasteiger partial charge >= 0.3 is 0 Å². The van der Waals surface area contributed by atoms with Gasteiger partial charge in [-0.2, -0.15) is 0 Å². The van der Waals surface area contributed by atoms with Crippen molar-refractivity contribution in [2.75, 3.05) is 17.1 Å². The van der Waals surface area contributed by atoms with Crippen LogP contribution in [0.2, 0.25) is 5.02 Å². The van der Waals surface area contributed by atoms with Crippen molar-refractivity contribution in [2.24, 2.45) is 0 Å². The number of nitrogens with one attached hydrogen (secondary N) is 1. The first-order valence-electron chi connectivity index (χ1n) is 9.88. The molecule has 5 nitrogen and oxygen atoms in total. The van der Waals surface area contributed by atoms with Crippen LogP contribution in [0.25, 0.3) is 0 Å². The number of rotatable bonds is 8. The quantitative estimate of drug-likeness (QED) is 0.675. The Hall–Kier alpha value is -2.05. The van der Waals surface area contributed by atoms with Gasteiger partial charge in [0.2, 0.25) is 15.9 Å². The van der Waals surface area contributed by atoms with E-state index >= 15 is 0 Å². The Labute approximate surface area is 178 Å². The summed E-state index contributed by atoms with van der Waals surface area (Å²) < 4.78 is 25.6. The lowest BCUT2D eigenvalue weighted by Gasteiger charge is -2.22. The van der Waals surface area contributed by atoms with Gasteiger partial charge in [-0.05, 0) is 67.5 Å². The van der Waals surface area contributed by atoms with Crippen LogP contribution in [0.1, 0.15) is 48.9 Å². The smallest absolute Gasteiger partial charge is 0.232 e. The summed E-state index contributed by atoms with van der Waals surface area (Å²) in [4.78, 5) is 12.4. The zero-order valence-corrected chi connectivity index (χ0v) is 18.4. The van der Waals surface area contributed by atoms with Gasteiger partial charge in [0.25, 0.3) is 0 Å². The molecule has 0 heterocycles. The number of carbonyl (C=O) groups is 1. The van der Waals surface area contributed by atoms with Crippen LogP contribution in [-0.4, -0.2) is 27.1 Å². The van der Waals surface area contributed by atoms with Crippen LogP contribution in [0.15, 0.2) is 42.5 Å². The number of nitrogens with zero attached hydrogens (tertiary/aromatic N) is 1. The molecule has 1 atom stereocenters. The topological polar surface area (TPSA) is 66.5 Å². The fraction of sp³-hybridized carbons (Fsp3) is 0.409. The number of hydrogen-bond donors (Lipinski definition) is 1. The summed E-state index contributed by atoms with van der Waals surface area (Å²) >= 11 is 5.99. The number of carbonyl (C=O) groups excluding carboxylic acids is 1. The largest absolute Gasteiger partial charge is 0.350 e. The monoisotopic (exact) mass is 434 g/mol. The van der Waals surface area contributed by atoms with Crippen LogP contribution < -0.4 is 9.62 Å². The van der Waals surface area contributed by atoms with Crippen molar-refractivity contribution in [1.29, 1.82) is 0 Å². The normalized spacial score (nSPS) is 14.3. The van der Waals surface area contributed by atoms with Crippen LogP contribution in [0.4, 0.5) is 5.69 Å². The van der Waals surface area contributed by atoms with Gasteiger partial charge < -0.3 is 5.32 Å². The van der Waals surface area contributed by atoms with E-state index in [1.54, 1.807) is 24.3 Å². The Morgan fingerprint density at radius 1 is 1.17 bits per heavy atom. The molecule has 1 unspecified atom stereocenters. The molecule has 7 heteroatoms. The number of aryl methyl sites for hydroxylation is 2. The van der Waals surface area contributed by atoms with E-state index in [1.807, 2.05) is 6.92 Å². The zero-order valence-electron chi connectivity index (χ0n) is 16.8. The van der Waals surface area contributed by atoms with Gasteiger partial charge in [-0.15, -0.1) is 0 Å². The van der Waals surface area contributed by atoms with Gasteiger partial charge in [0.1, 0.15) is 0 Å². The molecule has 0 aliphatic heterocycles. The van der Waals surface area contributed by atoms with Crippen molar-refractivity contribution in [3.8, 4) is 0 Å². The number of fused-ring (bicyclic) bond motifs is 1. The van der Waals surface area contributed by atoms with Gasteiger partial charge in [0, 0.05) is 18.0 Å². The minimum absolute atomic E-state index is 0.0765. The second-order valence-electron chi connectivity index (χ2n) is 7.59. The van der Waals surface area contributed by atoms with Gasteiger partial charge in [0.15, 0.2) is 0 Å². The van der Waals surface area contributed by atoms with Gasteiger partial charge in [0.05, 0.1) is 18.0 Å². The van der Waals surface area contributed by atoms with Crippen molar-refractivity contribution in [3.05, 3.63) is 64.2 Å². The number of hydrogen-bond acceptors (Lipinski definition) is 3. The molecule has 0 saturated carbocycles. The predicted molar refractivity (Wildman–Crippen MR) is 118 cm³/mol. The number of halogens is 1. The van der Waals surface area contributed by atoms with Gasteiger partial charge in [-0.25, -0.2) is 8.42 Å². The molecule has 3 rings (SSSR count). The molecule has 1 N–H and O–H groups in total.